The second kappa shape index (κ2) is 9.99. The number of nitrogens with one attached hydrogen (secondary N) is 1. The molecule has 1 unspecified atom stereocenters. The zero-order valence-electron chi connectivity index (χ0n) is 20.0. The molecular weight excluding hydrogens is 507 g/mol. The summed E-state index contributed by atoms with van der Waals surface area (Å²) in [6.07, 6.45) is 0.464. The molecule has 10 heteroatoms. The molecule has 1 aliphatic heterocycles. The number of hydrogen-bond acceptors (Lipinski definition) is 5. The number of anilines is 1. The number of methoxy groups -OCH3 is 1. The molecule has 0 aliphatic carbocycles. The van der Waals surface area contributed by atoms with Crippen molar-refractivity contribution in [1.82, 2.24) is 5.32 Å². The number of carbonyl (C=O) groups is 1. The van der Waals surface area contributed by atoms with Crippen LogP contribution in [-0.4, -0.2) is 33.6 Å². The summed E-state index contributed by atoms with van der Waals surface area (Å²) in [5, 5.41) is 2.69. The number of sulfonamides is 1. The molecule has 0 radical (unpaired) electrons. The zero-order chi connectivity index (χ0) is 26.1. The first-order valence-electron chi connectivity index (χ1n) is 11.2. The van der Waals surface area contributed by atoms with Crippen molar-refractivity contribution < 1.29 is 27.1 Å². The Morgan fingerprint density at radius 1 is 1.17 bits per heavy atom. The maximum absolute atomic E-state index is 13.8. The fourth-order valence-electron chi connectivity index (χ4n) is 4.13. The van der Waals surface area contributed by atoms with Gasteiger partial charge >= 0.3 is 0 Å². The first-order chi connectivity index (χ1) is 17.0. The van der Waals surface area contributed by atoms with Crippen molar-refractivity contribution in [2.45, 2.75) is 36.8 Å². The van der Waals surface area contributed by atoms with E-state index in [-0.39, 0.29) is 15.6 Å². The van der Waals surface area contributed by atoms with Gasteiger partial charge in [-0.15, -0.1) is 0 Å². The van der Waals surface area contributed by atoms with Crippen LogP contribution >= 0.6 is 11.6 Å². The number of hydrogen-bond donors (Lipinski definition) is 1. The molecule has 1 atom stereocenters. The molecular formula is C26H26ClFN2O5S. The zero-order valence-corrected chi connectivity index (χ0v) is 21.6. The number of carbonyl (C=O) groups excluding carboxylic acids is 1. The monoisotopic (exact) mass is 532 g/mol. The molecule has 3 aromatic rings. The van der Waals surface area contributed by atoms with E-state index in [4.69, 9.17) is 21.1 Å². The van der Waals surface area contributed by atoms with Crippen LogP contribution in [0.15, 0.2) is 71.6 Å². The molecule has 1 heterocycles. The van der Waals surface area contributed by atoms with Gasteiger partial charge in [0.1, 0.15) is 29.5 Å². The molecule has 190 valence electrons. The van der Waals surface area contributed by atoms with Crippen molar-refractivity contribution in [2.75, 3.05) is 18.0 Å². The van der Waals surface area contributed by atoms with Crippen LogP contribution in [0.5, 0.6) is 11.5 Å². The van der Waals surface area contributed by atoms with Gasteiger partial charge in [0.2, 0.25) is 5.91 Å². The van der Waals surface area contributed by atoms with E-state index in [0.29, 0.717) is 17.9 Å². The quantitative estimate of drug-likeness (QED) is 0.457. The van der Waals surface area contributed by atoms with Crippen LogP contribution in [0.3, 0.4) is 0 Å². The minimum Gasteiger partial charge on any atom is -0.497 e. The van der Waals surface area contributed by atoms with Crippen LogP contribution in [0.4, 0.5) is 10.1 Å². The maximum atomic E-state index is 13.8. The van der Waals surface area contributed by atoms with E-state index in [1.807, 2.05) is 19.9 Å². The Morgan fingerprint density at radius 3 is 2.56 bits per heavy atom. The molecule has 0 aromatic heterocycles. The lowest BCUT2D eigenvalue weighted by Crippen LogP contribution is -2.45. The Balaban J connectivity index is 1.66. The third-order valence-electron chi connectivity index (χ3n) is 5.82. The average Bonchev–Trinajstić information content (AvgIpc) is 2.83. The number of rotatable bonds is 7. The Kier molecular flexibility index (Phi) is 7.15. The topological polar surface area (TPSA) is 84.9 Å². The van der Waals surface area contributed by atoms with Gasteiger partial charge in [0.25, 0.3) is 10.0 Å². The molecule has 1 N–H and O–H groups in total. The predicted octanol–water partition coefficient (Wildman–Crippen LogP) is 5.10. The molecule has 0 bridgehead atoms. The van der Waals surface area contributed by atoms with E-state index < -0.39 is 39.9 Å². The van der Waals surface area contributed by atoms with Crippen molar-refractivity contribution in [1.29, 1.82) is 0 Å². The number of benzene rings is 3. The summed E-state index contributed by atoms with van der Waals surface area (Å²) in [6, 6.07) is 16.1. The lowest BCUT2D eigenvalue weighted by Gasteiger charge is -2.38. The lowest BCUT2D eigenvalue weighted by atomic mass is 9.89. The van der Waals surface area contributed by atoms with Gasteiger partial charge in [-0.2, -0.15) is 0 Å². The summed E-state index contributed by atoms with van der Waals surface area (Å²) in [5.41, 5.74) is 0.237. The van der Waals surface area contributed by atoms with Crippen molar-refractivity contribution in [3.05, 3.63) is 83.1 Å². The predicted molar refractivity (Wildman–Crippen MR) is 136 cm³/mol. The van der Waals surface area contributed by atoms with E-state index in [1.165, 1.54) is 24.3 Å². The highest BCUT2D eigenvalue weighted by Crippen LogP contribution is 2.41. The van der Waals surface area contributed by atoms with Gasteiger partial charge in [-0.25, -0.2) is 12.8 Å². The van der Waals surface area contributed by atoms with E-state index in [1.54, 1.807) is 37.4 Å². The molecule has 0 saturated heterocycles. The highest BCUT2D eigenvalue weighted by atomic mass is 35.5. The largest absolute Gasteiger partial charge is 0.497 e. The second-order valence-electron chi connectivity index (χ2n) is 9.01. The summed E-state index contributed by atoms with van der Waals surface area (Å²) in [5.74, 6) is -0.0438. The molecule has 4 rings (SSSR count). The van der Waals surface area contributed by atoms with Crippen molar-refractivity contribution in [2.24, 2.45) is 0 Å². The smallest absolute Gasteiger partial charge is 0.264 e. The van der Waals surface area contributed by atoms with Crippen LogP contribution in [0.2, 0.25) is 5.02 Å². The van der Waals surface area contributed by atoms with Crippen LogP contribution in [-0.2, 0) is 14.8 Å². The number of ether oxygens (including phenoxy) is 2. The summed E-state index contributed by atoms with van der Waals surface area (Å²) in [6.45, 7) is 3.27. The van der Waals surface area contributed by atoms with Gasteiger partial charge in [0.15, 0.2) is 0 Å². The standard InChI is InChI=1S/C26H26ClFN2O5S/c1-26(2)15-23(20-11-10-18(34-3)14-24(20)35-26)29-25(31)16-30(17-9-12-22(28)21(27)13-17)36(32,33)19-7-5-4-6-8-19/h4-14,23H,15-16H2,1-3H3,(H,29,31). The third kappa shape index (κ3) is 5.42. The first kappa shape index (κ1) is 25.8. The van der Waals surface area contributed by atoms with E-state index in [0.717, 1.165) is 15.9 Å². The average molecular weight is 533 g/mol. The number of fused-ring (bicyclic) bond motifs is 1. The Morgan fingerprint density at radius 2 is 1.89 bits per heavy atom. The van der Waals surface area contributed by atoms with Gasteiger partial charge in [0, 0.05) is 18.1 Å². The molecule has 1 aliphatic rings. The lowest BCUT2D eigenvalue weighted by molar-refractivity contribution is -0.120. The molecule has 7 nitrogen and oxygen atoms in total. The van der Waals surface area contributed by atoms with Crippen molar-refractivity contribution in [3.63, 3.8) is 0 Å². The summed E-state index contributed by atoms with van der Waals surface area (Å²) in [7, 11) is -2.61. The van der Waals surface area contributed by atoms with E-state index in [9.17, 15) is 17.6 Å². The minimum atomic E-state index is -4.16. The molecule has 1 amide bonds. The van der Waals surface area contributed by atoms with E-state index >= 15 is 0 Å². The second-order valence-corrected chi connectivity index (χ2v) is 11.3. The minimum absolute atomic E-state index is 0.0112. The first-order valence-corrected chi connectivity index (χ1v) is 13.0. The third-order valence-corrected chi connectivity index (χ3v) is 7.90. The van der Waals surface area contributed by atoms with Crippen LogP contribution in [0.25, 0.3) is 0 Å². The number of nitrogens with zero attached hydrogens (tertiary/aromatic N) is 1. The summed E-state index contributed by atoms with van der Waals surface area (Å²) in [4.78, 5) is 13.3. The van der Waals surface area contributed by atoms with Gasteiger partial charge < -0.3 is 14.8 Å². The van der Waals surface area contributed by atoms with Crippen LogP contribution < -0.4 is 19.1 Å². The van der Waals surface area contributed by atoms with Gasteiger partial charge in [0.05, 0.1) is 28.8 Å². The van der Waals surface area contributed by atoms with Gasteiger partial charge in [-0.05, 0) is 56.3 Å². The Hall–Kier alpha value is -3.30. The molecule has 0 fully saturated rings. The van der Waals surface area contributed by atoms with Crippen molar-refractivity contribution in [3.8, 4) is 11.5 Å². The fraction of sp³-hybridized carbons (Fsp3) is 0.269. The highest BCUT2D eigenvalue weighted by Gasteiger charge is 2.36. The molecule has 0 spiro atoms. The fourth-order valence-corrected chi connectivity index (χ4v) is 5.74. The summed E-state index contributed by atoms with van der Waals surface area (Å²) >= 11 is 5.94. The van der Waals surface area contributed by atoms with Crippen LogP contribution in [0, 0.1) is 5.82 Å². The molecule has 0 saturated carbocycles. The Labute approximate surface area is 214 Å². The van der Waals surface area contributed by atoms with Crippen LogP contribution in [0.1, 0.15) is 31.9 Å². The SMILES string of the molecule is COc1ccc2c(c1)OC(C)(C)CC2NC(=O)CN(c1ccc(F)c(Cl)c1)S(=O)(=O)c1ccccc1. The number of halogens is 2. The van der Waals surface area contributed by atoms with Gasteiger partial charge in [-0.1, -0.05) is 29.8 Å². The molecule has 36 heavy (non-hydrogen) atoms. The highest BCUT2D eigenvalue weighted by molar-refractivity contribution is 7.92. The summed E-state index contributed by atoms with van der Waals surface area (Å²) < 4.78 is 53.1. The number of amides is 1. The normalized spacial score (nSPS) is 16.4. The van der Waals surface area contributed by atoms with Gasteiger partial charge in [-0.3, -0.25) is 9.10 Å². The van der Waals surface area contributed by atoms with E-state index in [2.05, 4.69) is 5.32 Å². The Bertz CT molecular complexity index is 1380. The molecule has 3 aromatic carbocycles. The van der Waals surface area contributed by atoms with Crippen molar-refractivity contribution >= 4 is 33.2 Å². The maximum Gasteiger partial charge on any atom is 0.264 e.